The first-order valence-corrected chi connectivity index (χ1v) is 7.45. The van der Waals surface area contributed by atoms with Crippen LogP contribution in [0.3, 0.4) is 0 Å². The van der Waals surface area contributed by atoms with Gasteiger partial charge in [-0.25, -0.2) is 4.79 Å². The van der Waals surface area contributed by atoms with E-state index in [0.717, 1.165) is 5.56 Å². The van der Waals surface area contributed by atoms with Gasteiger partial charge in [-0.3, -0.25) is 0 Å². The van der Waals surface area contributed by atoms with E-state index in [2.05, 4.69) is 5.32 Å². The van der Waals surface area contributed by atoms with Crippen LogP contribution in [0.1, 0.15) is 26.3 Å². The quantitative estimate of drug-likeness (QED) is 0.668. The number of hydrogen-bond acceptors (Lipinski definition) is 6. The number of rotatable bonds is 5. The Morgan fingerprint density at radius 2 is 2.22 bits per heavy atom. The summed E-state index contributed by atoms with van der Waals surface area (Å²) < 4.78 is 15.9. The minimum absolute atomic E-state index is 0.0406. The molecule has 1 aliphatic heterocycles. The molecule has 7 nitrogen and oxygen atoms in total. The summed E-state index contributed by atoms with van der Waals surface area (Å²) in [5.41, 5.74) is 0.823. The lowest BCUT2D eigenvalue weighted by Crippen LogP contribution is -2.44. The van der Waals surface area contributed by atoms with Crippen molar-refractivity contribution in [3.8, 4) is 5.75 Å². The molecular weight excluding hydrogens is 301 g/mol. The molecule has 0 aromatic heterocycles. The molecule has 23 heavy (non-hydrogen) atoms. The van der Waals surface area contributed by atoms with Gasteiger partial charge in [0.2, 0.25) is 0 Å². The van der Waals surface area contributed by atoms with Gasteiger partial charge in [0.1, 0.15) is 18.0 Å². The van der Waals surface area contributed by atoms with E-state index in [-0.39, 0.29) is 13.2 Å². The Morgan fingerprint density at radius 1 is 1.48 bits per heavy atom. The third-order valence-electron chi connectivity index (χ3n) is 3.18. The molecule has 0 saturated heterocycles. The van der Waals surface area contributed by atoms with Crippen molar-refractivity contribution in [3.05, 3.63) is 23.8 Å². The second-order valence-corrected chi connectivity index (χ2v) is 6.33. The van der Waals surface area contributed by atoms with Crippen LogP contribution in [0.15, 0.2) is 18.2 Å². The third kappa shape index (κ3) is 4.85. The maximum Gasteiger partial charge on any atom is 0.495 e. The summed E-state index contributed by atoms with van der Waals surface area (Å²) in [6.07, 6.45) is -0.623. The Hall–Kier alpha value is -1.77. The lowest BCUT2D eigenvalue weighted by molar-refractivity contribution is 0.0458. The molecule has 2 rings (SSSR count). The molecule has 0 radical (unpaired) electrons. The standard InChI is InChI=1S/C15H22BNO6/c1-15(2,3)23-14(19)17-11(7-18)9-21-12-6-4-5-10-8-22-16(20)13(10)12/h4-6,11,18,20H,7-9H2,1-3H3,(H,17,19)/t11-/m1/s1. The molecule has 0 bridgehead atoms. The predicted octanol–water partition coefficient (Wildman–Crippen LogP) is 0.169. The minimum Gasteiger partial charge on any atom is -0.492 e. The molecule has 1 aromatic carbocycles. The maximum absolute atomic E-state index is 11.7. The van der Waals surface area contributed by atoms with Crippen LogP contribution in [0.25, 0.3) is 0 Å². The smallest absolute Gasteiger partial charge is 0.492 e. The predicted molar refractivity (Wildman–Crippen MR) is 84.6 cm³/mol. The highest BCUT2D eigenvalue weighted by atomic mass is 16.6. The Bertz CT molecular complexity index is 559. The molecule has 1 amide bonds. The first kappa shape index (κ1) is 17.6. The SMILES string of the molecule is CC(C)(C)OC(=O)N[C@H](CO)COc1cccc2c1B(O)OC2. The summed E-state index contributed by atoms with van der Waals surface area (Å²) in [5.74, 6) is 0.469. The topological polar surface area (TPSA) is 97.3 Å². The number of carbonyl (C=O) groups excluding carboxylic acids is 1. The molecule has 8 heteroatoms. The van der Waals surface area contributed by atoms with Crippen LogP contribution in [0.5, 0.6) is 5.75 Å². The molecule has 0 spiro atoms. The number of ether oxygens (including phenoxy) is 2. The molecule has 126 valence electrons. The van der Waals surface area contributed by atoms with Crippen molar-refractivity contribution in [1.29, 1.82) is 0 Å². The summed E-state index contributed by atoms with van der Waals surface area (Å²) in [6, 6.07) is 4.73. The summed E-state index contributed by atoms with van der Waals surface area (Å²) in [5, 5.41) is 21.7. The fourth-order valence-corrected chi connectivity index (χ4v) is 2.18. The van der Waals surface area contributed by atoms with Gasteiger partial charge in [-0.15, -0.1) is 0 Å². The van der Waals surface area contributed by atoms with Gasteiger partial charge >= 0.3 is 13.2 Å². The average Bonchev–Trinajstić information content (AvgIpc) is 2.84. The van der Waals surface area contributed by atoms with E-state index < -0.39 is 24.9 Å². The van der Waals surface area contributed by atoms with Gasteiger partial charge < -0.3 is 29.6 Å². The molecule has 0 aliphatic carbocycles. The number of nitrogens with one attached hydrogen (secondary N) is 1. The van der Waals surface area contributed by atoms with Gasteiger partial charge in [-0.2, -0.15) is 0 Å². The molecule has 0 unspecified atom stereocenters. The van der Waals surface area contributed by atoms with Gasteiger partial charge in [0, 0.05) is 5.46 Å². The molecule has 0 fully saturated rings. The van der Waals surface area contributed by atoms with Crippen LogP contribution in [-0.4, -0.2) is 48.2 Å². The van der Waals surface area contributed by atoms with Crippen molar-refractivity contribution >= 4 is 18.7 Å². The van der Waals surface area contributed by atoms with Crippen LogP contribution in [0.4, 0.5) is 4.79 Å². The number of alkyl carbamates (subject to hydrolysis) is 1. The number of fused-ring (bicyclic) bond motifs is 1. The van der Waals surface area contributed by atoms with E-state index in [4.69, 9.17) is 14.1 Å². The molecule has 1 aromatic rings. The number of carbonyl (C=O) groups is 1. The van der Waals surface area contributed by atoms with Crippen LogP contribution < -0.4 is 15.5 Å². The van der Waals surface area contributed by atoms with E-state index in [9.17, 15) is 14.9 Å². The van der Waals surface area contributed by atoms with Crippen LogP contribution >= 0.6 is 0 Å². The number of aliphatic hydroxyl groups is 1. The Kier molecular flexibility index (Phi) is 5.51. The highest BCUT2D eigenvalue weighted by Gasteiger charge is 2.31. The molecule has 0 saturated carbocycles. The zero-order valence-electron chi connectivity index (χ0n) is 13.5. The molecule has 3 N–H and O–H groups in total. The van der Waals surface area contributed by atoms with Crippen molar-refractivity contribution in [2.75, 3.05) is 13.2 Å². The van der Waals surface area contributed by atoms with E-state index in [1.54, 1.807) is 32.9 Å². The molecule has 1 atom stereocenters. The van der Waals surface area contributed by atoms with Crippen molar-refractivity contribution in [2.45, 2.75) is 39.0 Å². The van der Waals surface area contributed by atoms with Crippen molar-refractivity contribution in [2.24, 2.45) is 0 Å². The van der Waals surface area contributed by atoms with Gasteiger partial charge in [-0.05, 0) is 32.4 Å². The molecular formula is C15H22BNO6. The first-order chi connectivity index (χ1) is 10.8. The van der Waals surface area contributed by atoms with Crippen molar-refractivity contribution < 1.29 is 29.1 Å². The van der Waals surface area contributed by atoms with Gasteiger partial charge in [0.05, 0.1) is 19.3 Å². The van der Waals surface area contributed by atoms with Crippen LogP contribution in [0, 0.1) is 0 Å². The fourth-order valence-electron chi connectivity index (χ4n) is 2.18. The Morgan fingerprint density at radius 3 is 2.87 bits per heavy atom. The summed E-state index contributed by atoms with van der Waals surface area (Å²) in [7, 11) is -1.02. The Balaban J connectivity index is 1.94. The largest absolute Gasteiger partial charge is 0.495 e. The zero-order valence-corrected chi connectivity index (χ0v) is 13.5. The number of aliphatic hydroxyl groups excluding tert-OH is 1. The van der Waals surface area contributed by atoms with Gasteiger partial charge in [-0.1, -0.05) is 12.1 Å². The Labute approximate surface area is 135 Å². The lowest BCUT2D eigenvalue weighted by atomic mass is 9.79. The minimum atomic E-state index is -1.02. The second-order valence-electron chi connectivity index (χ2n) is 6.33. The van der Waals surface area contributed by atoms with Gasteiger partial charge in [0.15, 0.2) is 0 Å². The van der Waals surface area contributed by atoms with E-state index >= 15 is 0 Å². The number of hydrogen-bond donors (Lipinski definition) is 3. The summed E-state index contributed by atoms with van der Waals surface area (Å²) >= 11 is 0. The highest BCUT2D eigenvalue weighted by molar-refractivity contribution is 6.62. The van der Waals surface area contributed by atoms with E-state index in [0.29, 0.717) is 17.8 Å². The highest BCUT2D eigenvalue weighted by Crippen LogP contribution is 2.18. The summed E-state index contributed by atoms with van der Waals surface area (Å²) in [6.45, 7) is 5.34. The van der Waals surface area contributed by atoms with Crippen LogP contribution in [0.2, 0.25) is 0 Å². The average molecular weight is 323 g/mol. The second kappa shape index (κ2) is 7.20. The zero-order chi connectivity index (χ0) is 17.0. The van der Waals surface area contributed by atoms with Gasteiger partial charge in [0.25, 0.3) is 0 Å². The lowest BCUT2D eigenvalue weighted by Gasteiger charge is -2.23. The monoisotopic (exact) mass is 323 g/mol. The maximum atomic E-state index is 11.7. The number of amides is 1. The van der Waals surface area contributed by atoms with Crippen LogP contribution in [-0.2, 0) is 16.0 Å². The van der Waals surface area contributed by atoms with Crippen molar-refractivity contribution in [1.82, 2.24) is 5.32 Å². The third-order valence-corrected chi connectivity index (χ3v) is 3.18. The van der Waals surface area contributed by atoms with E-state index in [1.807, 2.05) is 6.07 Å². The molecule has 1 aliphatic rings. The first-order valence-electron chi connectivity index (χ1n) is 7.45. The fraction of sp³-hybridized carbons (Fsp3) is 0.533. The van der Waals surface area contributed by atoms with Crippen molar-refractivity contribution in [3.63, 3.8) is 0 Å². The normalized spacial score (nSPS) is 15.1. The number of benzene rings is 1. The summed E-state index contributed by atoms with van der Waals surface area (Å²) in [4.78, 5) is 11.7. The van der Waals surface area contributed by atoms with E-state index in [1.165, 1.54) is 0 Å². The molecule has 1 heterocycles.